The van der Waals surface area contributed by atoms with Crippen molar-refractivity contribution in [2.75, 3.05) is 11.9 Å². The molecule has 2 amide bonds. The van der Waals surface area contributed by atoms with Crippen LogP contribution in [0.4, 0.5) is 5.69 Å². The molecule has 2 rings (SSSR count). The molecular weight excluding hydrogens is 268 g/mol. The normalized spacial score (nSPS) is 16.9. The van der Waals surface area contributed by atoms with Crippen molar-refractivity contribution in [2.24, 2.45) is 5.92 Å². The van der Waals surface area contributed by atoms with Crippen LogP contribution in [0.25, 0.3) is 0 Å². The first-order valence-corrected chi connectivity index (χ1v) is 7.23. The molecule has 0 aliphatic carbocycles. The van der Waals surface area contributed by atoms with Crippen LogP contribution in [0, 0.1) is 5.92 Å². The van der Waals surface area contributed by atoms with Crippen LogP contribution in [0.5, 0.6) is 0 Å². The first-order chi connectivity index (χ1) is 9.79. The first-order valence-electron chi connectivity index (χ1n) is 7.23. The van der Waals surface area contributed by atoms with Gasteiger partial charge in [0, 0.05) is 24.2 Å². The predicted octanol–water partition coefficient (Wildman–Crippen LogP) is 1.71. The molecule has 1 atom stereocenters. The fourth-order valence-corrected chi connectivity index (χ4v) is 2.09. The quantitative estimate of drug-likeness (QED) is 0.790. The van der Waals surface area contributed by atoms with E-state index in [4.69, 9.17) is 0 Å². The van der Waals surface area contributed by atoms with Crippen LogP contribution in [0.3, 0.4) is 0 Å². The maximum absolute atomic E-state index is 12.2. The lowest BCUT2D eigenvalue weighted by molar-refractivity contribution is -0.116. The summed E-state index contributed by atoms with van der Waals surface area (Å²) < 4.78 is 0. The van der Waals surface area contributed by atoms with E-state index in [1.54, 1.807) is 25.1 Å². The smallest absolute Gasteiger partial charge is 0.251 e. The number of benzene rings is 1. The van der Waals surface area contributed by atoms with Crippen LogP contribution in [-0.4, -0.2) is 29.1 Å². The topological polar surface area (TPSA) is 78.4 Å². The number of carbonyl (C=O) groups is 2. The van der Waals surface area contributed by atoms with Gasteiger partial charge < -0.3 is 15.7 Å². The number of carbonyl (C=O) groups excluding carboxylic acids is 2. The molecule has 1 heterocycles. The molecule has 0 aromatic heterocycles. The van der Waals surface area contributed by atoms with Gasteiger partial charge in [0.2, 0.25) is 5.91 Å². The molecule has 114 valence electrons. The highest BCUT2D eigenvalue weighted by Gasteiger charge is 2.25. The molecule has 0 fully saturated rings. The molecule has 5 heteroatoms. The van der Waals surface area contributed by atoms with E-state index in [2.05, 4.69) is 10.6 Å². The summed E-state index contributed by atoms with van der Waals surface area (Å²) in [5.41, 5.74) is 1.36. The van der Waals surface area contributed by atoms with Gasteiger partial charge >= 0.3 is 0 Å². The fourth-order valence-electron chi connectivity index (χ4n) is 2.09. The van der Waals surface area contributed by atoms with Gasteiger partial charge in [-0.3, -0.25) is 9.59 Å². The van der Waals surface area contributed by atoms with Crippen LogP contribution < -0.4 is 10.6 Å². The van der Waals surface area contributed by atoms with Crippen LogP contribution in [0.1, 0.15) is 43.1 Å². The van der Waals surface area contributed by atoms with Gasteiger partial charge in [-0.25, -0.2) is 0 Å². The average molecular weight is 290 g/mol. The zero-order valence-corrected chi connectivity index (χ0v) is 12.7. The summed E-state index contributed by atoms with van der Waals surface area (Å²) >= 11 is 0. The van der Waals surface area contributed by atoms with Crippen molar-refractivity contribution in [3.8, 4) is 0 Å². The number of anilines is 1. The van der Waals surface area contributed by atoms with Crippen molar-refractivity contribution in [3.05, 3.63) is 29.3 Å². The Bertz CT molecular complexity index is 565. The average Bonchev–Trinajstić information content (AvgIpc) is 2.44. The number of aliphatic hydroxyl groups is 1. The summed E-state index contributed by atoms with van der Waals surface area (Å²) in [6, 6.07) is 5.24. The number of rotatable bonds is 4. The lowest BCUT2D eigenvalue weighted by Crippen LogP contribution is -2.44. The van der Waals surface area contributed by atoms with Gasteiger partial charge in [-0.05, 0) is 43.0 Å². The van der Waals surface area contributed by atoms with E-state index >= 15 is 0 Å². The molecule has 0 radical (unpaired) electrons. The van der Waals surface area contributed by atoms with Crippen LogP contribution in [0.15, 0.2) is 18.2 Å². The lowest BCUT2D eigenvalue weighted by Gasteiger charge is -2.27. The van der Waals surface area contributed by atoms with Crippen LogP contribution in [0.2, 0.25) is 0 Å². The Morgan fingerprint density at radius 3 is 2.81 bits per heavy atom. The zero-order valence-electron chi connectivity index (χ0n) is 12.7. The Kier molecular flexibility index (Phi) is 4.32. The second kappa shape index (κ2) is 5.85. The largest absolute Gasteiger partial charge is 0.388 e. The highest BCUT2D eigenvalue weighted by atomic mass is 16.3. The number of hydrogen-bond donors (Lipinski definition) is 3. The fraction of sp³-hybridized carbons (Fsp3) is 0.500. The van der Waals surface area contributed by atoms with Crippen molar-refractivity contribution >= 4 is 17.5 Å². The maximum Gasteiger partial charge on any atom is 0.251 e. The Morgan fingerprint density at radius 2 is 2.14 bits per heavy atom. The standard InChI is InChI=1S/C16H22N2O3/c1-10(2)16(3,21)9-17-15(20)12-4-6-13-11(8-12)5-7-14(19)18-13/h4,6,8,10,21H,5,7,9H2,1-3H3,(H,17,20)(H,18,19). The van der Waals surface area contributed by atoms with Gasteiger partial charge in [0.25, 0.3) is 5.91 Å². The Morgan fingerprint density at radius 1 is 1.43 bits per heavy atom. The predicted molar refractivity (Wildman–Crippen MR) is 81.2 cm³/mol. The molecule has 0 spiro atoms. The van der Waals surface area contributed by atoms with Crippen molar-refractivity contribution in [2.45, 2.75) is 39.2 Å². The number of fused-ring (bicyclic) bond motifs is 1. The van der Waals surface area contributed by atoms with E-state index in [1.165, 1.54) is 0 Å². The van der Waals surface area contributed by atoms with Gasteiger partial charge in [0.1, 0.15) is 0 Å². The highest BCUT2D eigenvalue weighted by molar-refractivity contribution is 5.97. The maximum atomic E-state index is 12.2. The summed E-state index contributed by atoms with van der Waals surface area (Å²) in [5.74, 6) is -0.153. The number of amides is 2. The van der Waals surface area contributed by atoms with E-state index in [-0.39, 0.29) is 24.3 Å². The van der Waals surface area contributed by atoms with E-state index in [9.17, 15) is 14.7 Å². The zero-order chi connectivity index (χ0) is 15.6. The number of nitrogens with one attached hydrogen (secondary N) is 2. The minimum Gasteiger partial charge on any atom is -0.388 e. The van der Waals surface area contributed by atoms with E-state index in [0.29, 0.717) is 18.4 Å². The molecule has 21 heavy (non-hydrogen) atoms. The molecule has 0 bridgehead atoms. The van der Waals surface area contributed by atoms with Crippen LogP contribution >= 0.6 is 0 Å². The monoisotopic (exact) mass is 290 g/mol. The Balaban J connectivity index is 2.05. The third-order valence-electron chi connectivity index (χ3n) is 4.11. The van der Waals surface area contributed by atoms with Crippen molar-refractivity contribution in [3.63, 3.8) is 0 Å². The molecular formula is C16H22N2O3. The molecule has 0 saturated heterocycles. The van der Waals surface area contributed by atoms with E-state index in [1.807, 2.05) is 13.8 Å². The second-order valence-corrected chi connectivity index (χ2v) is 6.11. The summed E-state index contributed by atoms with van der Waals surface area (Å²) in [6.07, 6.45) is 1.09. The van der Waals surface area contributed by atoms with Crippen molar-refractivity contribution in [1.29, 1.82) is 0 Å². The minimum absolute atomic E-state index is 0.00711. The Hall–Kier alpha value is -1.88. The van der Waals surface area contributed by atoms with Crippen LogP contribution in [-0.2, 0) is 11.2 Å². The summed E-state index contributed by atoms with van der Waals surface area (Å²) in [7, 11) is 0. The molecule has 1 aliphatic rings. The molecule has 1 unspecified atom stereocenters. The van der Waals surface area contributed by atoms with Gasteiger partial charge in [-0.2, -0.15) is 0 Å². The number of aryl methyl sites for hydroxylation is 1. The molecule has 1 aromatic rings. The minimum atomic E-state index is -0.933. The first kappa shape index (κ1) is 15.5. The van der Waals surface area contributed by atoms with Gasteiger partial charge in [-0.15, -0.1) is 0 Å². The summed E-state index contributed by atoms with van der Waals surface area (Å²) in [6.45, 7) is 5.74. The Labute approximate surface area is 124 Å². The molecule has 5 nitrogen and oxygen atoms in total. The molecule has 1 aliphatic heterocycles. The van der Waals surface area contributed by atoms with Gasteiger partial charge in [0.15, 0.2) is 0 Å². The summed E-state index contributed by atoms with van der Waals surface area (Å²) in [5, 5.41) is 15.7. The van der Waals surface area contributed by atoms with Gasteiger partial charge in [-0.1, -0.05) is 13.8 Å². The number of hydrogen-bond acceptors (Lipinski definition) is 3. The molecule has 1 aromatic carbocycles. The molecule has 3 N–H and O–H groups in total. The third kappa shape index (κ3) is 3.61. The highest BCUT2D eigenvalue weighted by Crippen LogP contribution is 2.23. The van der Waals surface area contributed by atoms with E-state index < -0.39 is 5.60 Å². The van der Waals surface area contributed by atoms with E-state index in [0.717, 1.165) is 11.3 Å². The third-order valence-corrected chi connectivity index (χ3v) is 4.11. The second-order valence-electron chi connectivity index (χ2n) is 6.11. The van der Waals surface area contributed by atoms with Crippen molar-refractivity contribution in [1.82, 2.24) is 5.32 Å². The SMILES string of the molecule is CC(C)C(C)(O)CNC(=O)c1ccc2c(c1)CCC(=O)N2. The van der Waals surface area contributed by atoms with Crippen molar-refractivity contribution < 1.29 is 14.7 Å². The lowest BCUT2D eigenvalue weighted by atomic mass is 9.92. The summed E-state index contributed by atoms with van der Waals surface area (Å²) in [4.78, 5) is 23.5. The molecule has 0 saturated carbocycles. The van der Waals surface area contributed by atoms with Gasteiger partial charge in [0.05, 0.1) is 5.60 Å².